The van der Waals surface area contributed by atoms with Gasteiger partial charge in [-0.05, 0) is 35.8 Å². The summed E-state index contributed by atoms with van der Waals surface area (Å²) in [5, 5.41) is 5.08. The van der Waals surface area contributed by atoms with Gasteiger partial charge in [-0.2, -0.15) is 0 Å². The number of nitrogens with one attached hydrogen (secondary N) is 1. The number of hydrogen-bond donors (Lipinski definition) is 1. The molecule has 0 saturated carbocycles. The Kier molecular flexibility index (Phi) is 3.87. The molecule has 1 aliphatic heterocycles. The summed E-state index contributed by atoms with van der Waals surface area (Å²) in [6.07, 6.45) is 6.90. The van der Waals surface area contributed by atoms with Crippen LogP contribution in [0.3, 0.4) is 0 Å². The molecule has 1 amide bonds. The first-order valence-corrected chi connectivity index (χ1v) is 8.00. The number of nitrogens with zero attached hydrogens (tertiary/aromatic N) is 2. The highest BCUT2D eigenvalue weighted by atomic mass is 32.1. The molecule has 5 heteroatoms. The molecule has 0 bridgehead atoms. The molecular weight excluding hydrogens is 270 g/mol. The number of hydrogen-bond acceptors (Lipinski definition) is 3. The van der Waals surface area contributed by atoms with Crippen molar-refractivity contribution < 1.29 is 4.79 Å². The van der Waals surface area contributed by atoms with Crippen molar-refractivity contribution in [3.8, 4) is 0 Å². The smallest absolute Gasteiger partial charge is 0.261 e. The van der Waals surface area contributed by atoms with Gasteiger partial charge in [0, 0.05) is 31.9 Å². The van der Waals surface area contributed by atoms with Crippen LogP contribution in [0.1, 0.15) is 34.4 Å². The van der Waals surface area contributed by atoms with Gasteiger partial charge in [0.1, 0.15) is 5.82 Å². The number of aryl methyl sites for hydroxylation is 2. The third-order valence-electron chi connectivity index (χ3n) is 3.92. The lowest BCUT2D eigenvalue weighted by Crippen LogP contribution is -2.33. The highest BCUT2D eigenvalue weighted by Crippen LogP contribution is 2.20. The molecule has 3 rings (SSSR count). The third kappa shape index (κ3) is 2.63. The molecule has 1 unspecified atom stereocenters. The molecule has 2 aromatic rings. The van der Waals surface area contributed by atoms with E-state index in [0.717, 1.165) is 42.8 Å². The van der Waals surface area contributed by atoms with Gasteiger partial charge < -0.3 is 9.88 Å². The lowest BCUT2D eigenvalue weighted by molar-refractivity contribution is 0.0947. The lowest BCUT2D eigenvalue weighted by atomic mass is 9.99. The average molecular weight is 289 g/mol. The van der Waals surface area contributed by atoms with Gasteiger partial charge in [0.15, 0.2) is 0 Å². The first-order valence-electron chi connectivity index (χ1n) is 7.12. The van der Waals surface area contributed by atoms with Crippen molar-refractivity contribution in [3.05, 3.63) is 40.1 Å². The normalized spacial score (nSPS) is 17.8. The maximum absolute atomic E-state index is 12.2. The Balaban J connectivity index is 1.57. The summed E-state index contributed by atoms with van der Waals surface area (Å²) in [6.45, 7) is 3.79. The summed E-state index contributed by atoms with van der Waals surface area (Å²) < 4.78 is 2.20. The number of thiophene rings is 1. The second kappa shape index (κ2) is 5.79. The van der Waals surface area contributed by atoms with Gasteiger partial charge in [0.2, 0.25) is 0 Å². The Bertz CT molecular complexity index is 602. The summed E-state index contributed by atoms with van der Waals surface area (Å²) in [5.41, 5.74) is 1.15. The minimum Gasteiger partial charge on any atom is -0.351 e. The van der Waals surface area contributed by atoms with Gasteiger partial charge in [-0.1, -0.05) is 6.92 Å². The van der Waals surface area contributed by atoms with Crippen molar-refractivity contribution in [2.24, 2.45) is 5.92 Å². The molecule has 4 nitrogen and oxygen atoms in total. The number of amides is 1. The Labute approximate surface area is 122 Å². The second-order valence-electron chi connectivity index (χ2n) is 5.24. The van der Waals surface area contributed by atoms with Crippen molar-refractivity contribution >= 4 is 17.2 Å². The van der Waals surface area contributed by atoms with E-state index >= 15 is 0 Å². The second-order valence-corrected chi connectivity index (χ2v) is 6.16. The first kappa shape index (κ1) is 13.4. The fourth-order valence-electron chi connectivity index (χ4n) is 2.73. The Morgan fingerprint density at radius 2 is 2.50 bits per heavy atom. The van der Waals surface area contributed by atoms with E-state index < -0.39 is 0 Å². The first-order chi connectivity index (χ1) is 9.78. The quantitative estimate of drug-likeness (QED) is 0.940. The van der Waals surface area contributed by atoms with Crippen molar-refractivity contribution in [2.75, 3.05) is 6.54 Å². The van der Waals surface area contributed by atoms with Gasteiger partial charge in [-0.25, -0.2) is 4.98 Å². The van der Waals surface area contributed by atoms with Crippen LogP contribution < -0.4 is 5.32 Å². The number of carbonyl (C=O) groups is 1. The van der Waals surface area contributed by atoms with Gasteiger partial charge in [0.25, 0.3) is 5.91 Å². The van der Waals surface area contributed by atoms with Crippen LogP contribution in [0, 0.1) is 5.92 Å². The molecule has 3 heterocycles. The van der Waals surface area contributed by atoms with Crippen LogP contribution >= 0.6 is 11.3 Å². The lowest BCUT2D eigenvalue weighted by Gasteiger charge is -2.23. The molecule has 0 aromatic carbocycles. The maximum atomic E-state index is 12.2. The SMILES string of the molecule is CCc1ccsc1C(=O)NCC1CCc2nccn2C1. The molecule has 1 N–H and O–H groups in total. The summed E-state index contributed by atoms with van der Waals surface area (Å²) in [4.78, 5) is 17.4. The van der Waals surface area contributed by atoms with Crippen LogP contribution in [0.2, 0.25) is 0 Å². The number of imidazole rings is 1. The van der Waals surface area contributed by atoms with Gasteiger partial charge in [0.05, 0.1) is 4.88 Å². The van der Waals surface area contributed by atoms with E-state index in [2.05, 4.69) is 21.8 Å². The van der Waals surface area contributed by atoms with E-state index in [9.17, 15) is 4.79 Å². The van der Waals surface area contributed by atoms with E-state index in [0.29, 0.717) is 5.92 Å². The molecular formula is C15H19N3OS. The van der Waals surface area contributed by atoms with Crippen LogP contribution in [0.5, 0.6) is 0 Å². The summed E-state index contributed by atoms with van der Waals surface area (Å²) in [5.74, 6) is 1.75. The zero-order valence-electron chi connectivity index (χ0n) is 11.6. The minimum atomic E-state index is 0.0771. The predicted octanol–water partition coefficient (Wildman–Crippen LogP) is 2.50. The number of aromatic nitrogens is 2. The molecule has 0 aliphatic carbocycles. The van der Waals surface area contributed by atoms with E-state index in [4.69, 9.17) is 0 Å². The zero-order chi connectivity index (χ0) is 13.9. The Morgan fingerprint density at radius 3 is 3.35 bits per heavy atom. The van der Waals surface area contributed by atoms with E-state index in [1.165, 1.54) is 17.2 Å². The highest BCUT2D eigenvalue weighted by Gasteiger charge is 2.20. The fourth-order valence-corrected chi connectivity index (χ4v) is 3.65. The van der Waals surface area contributed by atoms with Gasteiger partial charge in [-0.3, -0.25) is 4.79 Å². The highest BCUT2D eigenvalue weighted by molar-refractivity contribution is 7.12. The van der Waals surface area contributed by atoms with Gasteiger partial charge >= 0.3 is 0 Å². The van der Waals surface area contributed by atoms with Gasteiger partial charge in [-0.15, -0.1) is 11.3 Å². The largest absolute Gasteiger partial charge is 0.351 e. The predicted molar refractivity (Wildman–Crippen MR) is 80.1 cm³/mol. The number of fused-ring (bicyclic) bond motifs is 1. The summed E-state index contributed by atoms with van der Waals surface area (Å²) in [6, 6.07) is 2.04. The molecule has 1 atom stereocenters. The fraction of sp³-hybridized carbons (Fsp3) is 0.467. The number of carbonyl (C=O) groups excluding carboxylic acids is 1. The molecule has 20 heavy (non-hydrogen) atoms. The molecule has 0 saturated heterocycles. The number of rotatable bonds is 4. The zero-order valence-corrected chi connectivity index (χ0v) is 12.4. The van der Waals surface area contributed by atoms with Crippen molar-refractivity contribution in [3.63, 3.8) is 0 Å². The Morgan fingerprint density at radius 1 is 1.60 bits per heavy atom. The van der Waals surface area contributed by atoms with Crippen LogP contribution in [0.4, 0.5) is 0 Å². The molecule has 0 fully saturated rings. The van der Waals surface area contributed by atoms with E-state index in [-0.39, 0.29) is 5.91 Å². The van der Waals surface area contributed by atoms with Crippen molar-refractivity contribution in [1.82, 2.24) is 14.9 Å². The van der Waals surface area contributed by atoms with Crippen LogP contribution in [0.15, 0.2) is 23.8 Å². The minimum absolute atomic E-state index is 0.0771. The molecule has 0 radical (unpaired) electrons. The molecule has 2 aromatic heterocycles. The maximum Gasteiger partial charge on any atom is 0.261 e. The standard InChI is InChI=1S/C15H19N3OS/c1-2-12-5-8-20-14(12)15(19)17-9-11-3-4-13-16-6-7-18(13)10-11/h5-8,11H,2-4,9-10H2,1H3,(H,17,19). The molecule has 1 aliphatic rings. The van der Waals surface area contributed by atoms with Crippen molar-refractivity contribution in [1.29, 1.82) is 0 Å². The molecule has 106 valence electrons. The summed E-state index contributed by atoms with van der Waals surface area (Å²) >= 11 is 1.53. The Hall–Kier alpha value is -1.62. The summed E-state index contributed by atoms with van der Waals surface area (Å²) in [7, 11) is 0. The van der Waals surface area contributed by atoms with Crippen LogP contribution in [-0.4, -0.2) is 22.0 Å². The molecule has 0 spiro atoms. The topological polar surface area (TPSA) is 46.9 Å². The van der Waals surface area contributed by atoms with Crippen molar-refractivity contribution in [2.45, 2.75) is 32.7 Å². The average Bonchev–Trinajstić information content (AvgIpc) is 3.12. The van der Waals surface area contributed by atoms with E-state index in [1.54, 1.807) is 0 Å². The van der Waals surface area contributed by atoms with Crippen LogP contribution in [0.25, 0.3) is 0 Å². The third-order valence-corrected chi connectivity index (χ3v) is 4.87. The monoisotopic (exact) mass is 289 g/mol. The van der Waals surface area contributed by atoms with Crippen LogP contribution in [-0.2, 0) is 19.4 Å². The van der Waals surface area contributed by atoms with E-state index in [1.807, 2.05) is 23.8 Å².